The number of methoxy groups -OCH3 is 1. The van der Waals surface area contributed by atoms with E-state index in [1.807, 2.05) is 13.8 Å². The van der Waals surface area contributed by atoms with E-state index in [1.54, 1.807) is 6.07 Å². The van der Waals surface area contributed by atoms with Crippen LogP contribution in [0.25, 0.3) is 0 Å². The number of amides is 1. The lowest BCUT2D eigenvalue weighted by Gasteiger charge is -2.26. The monoisotopic (exact) mass is 251 g/mol. The van der Waals surface area contributed by atoms with Gasteiger partial charge in [-0.1, -0.05) is 0 Å². The van der Waals surface area contributed by atoms with Crippen LogP contribution >= 0.6 is 0 Å². The fourth-order valence-electron chi connectivity index (χ4n) is 1.81. The minimum Gasteiger partial charge on any atom is -0.497 e. The summed E-state index contributed by atoms with van der Waals surface area (Å²) in [6, 6.07) is 4.47. The van der Waals surface area contributed by atoms with Gasteiger partial charge in [0.25, 0.3) is 0 Å². The van der Waals surface area contributed by atoms with Crippen LogP contribution in [0.4, 0.5) is 5.69 Å². The summed E-state index contributed by atoms with van der Waals surface area (Å²) in [5.41, 5.74) is 0.616. The van der Waals surface area contributed by atoms with Gasteiger partial charge >= 0.3 is 5.97 Å². The van der Waals surface area contributed by atoms with E-state index >= 15 is 0 Å². The van der Waals surface area contributed by atoms with Crippen molar-refractivity contribution >= 4 is 17.6 Å². The maximum atomic E-state index is 11.6. The number of rotatable bonds is 4. The molecular weight excluding hydrogens is 234 g/mol. The molecule has 1 amide bonds. The Morgan fingerprint density at radius 2 is 1.89 bits per heavy atom. The van der Waals surface area contributed by atoms with Crippen LogP contribution in [0, 0.1) is 0 Å². The molecule has 0 heterocycles. The Hall–Kier alpha value is -2.04. The zero-order valence-corrected chi connectivity index (χ0v) is 10.9. The molecule has 1 N–H and O–H groups in total. The van der Waals surface area contributed by atoms with Crippen molar-refractivity contribution in [1.82, 2.24) is 0 Å². The van der Waals surface area contributed by atoms with Crippen LogP contribution in [0.15, 0.2) is 18.2 Å². The van der Waals surface area contributed by atoms with Gasteiger partial charge in [-0.05, 0) is 26.0 Å². The summed E-state index contributed by atoms with van der Waals surface area (Å²) in [6.07, 6.45) is 0. The number of carboxylic acid groups (broad SMARTS) is 1. The standard InChI is InChI=1S/C13H17NO4/c1-8(2)14(9(3)15)11-5-10(13(16)17)6-12(7-11)18-4/h5-8H,1-4H3,(H,16,17). The number of hydrogen-bond acceptors (Lipinski definition) is 3. The molecule has 0 fully saturated rings. The minimum atomic E-state index is -1.05. The molecule has 0 aromatic heterocycles. The minimum absolute atomic E-state index is 0.0590. The predicted octanol–water partition coefficient (Wildman–Crippen LogP) is 2.15. The molecule has 98 valence electrons. The smallest absolute Gasteiger partial charge is 0.335 e. The Labute approximate surface area is 106 Å². The highest BCUT2D eigenvalue weighted by Crippen LogP contribution is 2.25. The number of carboxylic acids is 1. The lowest BCUT2D eigenvalue weighted by molar-refractivity contribution is -0.116. The molecule has 0 aliphatic carbocycles. The summed E-state index contributed by atoms with van der Waals surface area (Å²) >= 11 is 0. The molecule has 1 rings (SSSR count). The summed E-state index contributed by atoms with van der Waals surface area (Å²) < 4.78 is 5.05. The molecule has 0 atom stereocenters. The topological polar surface area (TPSA) is 66.8 Å². The number of carbonyl (C=O) groups excluding carboxylic acids is 1. The zero-order chi connectivity index (χ0) is 13.9. The molecule has 5 heteroatoms. The van der Waals surface area contributed by atoms with Crippen molar-refractivity contribution in [2.24, 2.45) is 0 Å². The lowest BCUT2D eigenvalue weighted by Crippen LogP contribution is -2.35. The van der Waals surface area contributed by atoms with Gasteiger partial charge in [0.1, 0.15) is 5.75 Å². The van der Waals surface area contributed by atoms with Gasteiger partial charge in [-0.15, -0.1) is 0 Å². The van der Waals surface area contributed by atoms with Crippen molar-refractivity contribution < 1.29 is 19.4 Å². The van der Waals surface area contributed by atoms with Crippen LogP contribution in [0.1, 0.15) is 31.1 Å². The Kier molecular flexibility index (Phi) is 4.31. The van der Waals surface area contributed by atoms with Crippen LogP contribution in [-0.4, -0.2) is 30.1 Å². The van der Waals surface area contributed by atoms with Crippen molar-refractivity contribution in [2.45, 2.75) is 26.8 Å². The van der Waals surface area contributed by atoms with Crippen LogP contribution in [-0.2, 0) is 4.79 Å². The van der Waals surface area contributed by atoms with E-state index in [4.69, 9.17) is 9.84 Å². The van der Waals surface area contributed by atoms with Crippen molar-refractivity contribution in [3.05, 3.63) is 23.8 Å². The molecule has 0 saturated carbocycles. The van der Waals surface area contributed by atoms with Crippen molar-refractivity contribution in [2.75, 3.05) is 12.0 Å². The number of aromatic carboxylic acids is 1. The average Bonchev–Trinajstić information content (AvgIpc) is 2.27. The molecule has 18 heavy (non-hydrogen) atoms. The highest BCUT2D eigenvalue weighted by Gasteiger charge is 2.18. The molecule has 0 unspecified atom stereocenters. The first-order valence-electron chi connectivity index (χ1n) is 5.59. The first kappa shape index (κ1) is 14.0. The predicted molar refractivity (Wildman–Crippen MR) is 68.2 cm³/mol. The van der Waals surface area contributed by atoms with Gasteiger partial charge in [-0.2, -0.15) is 0 Å². The Balaban J connectivity index is 3.33. The van der Waals surface area contributed by atoms with Crippen LogP contribution in [0.3, 0.4) is 0 Å². The van der Waals surface area contributed by atoms with Crippen LogP contribution in [0.5, 0.6) is 5.75 Å². The van der Waals surface area contributed by atoms with E-state index in [9.17, 15) is 9.59 Å². The molecule has 5 nitrogen and oxygen atoms in total. The third-order valence-corrected chi connectivity index (χ3v) is 2.51. The SMILES string of the molecule is COc1cc(C(=O)O)cc(N(C(C)=O)C(C)C)c1. The first-order chi connectivity index (χ1) is 8.36. The second-order valence-corrected chi connectivity index (χ2v) is 4.21. The van der Waals surface area contributed by atoms with E-state index in [2.05, 4.69) is 0 Å². The summed E-state index contributed by atoms with van der Waals surface area (Å²) in [5.74, 6) is -0.784. The van der Waals surface area contributed by atoms with Crippen molar-refractivity contribution in [3.63, 3.8) is 0 Å². The van der Waals surface area contributed by atoms with Gasteiger partial charge in [0, 0.05) is 24.7 Å². The first-order valence-corrected chi connectivity index (χ1v) is 5.59. The second kappa shape index (κ2) is 5.53. The Morgan fingerprint density at radius 3 is 2.28 bits per heavy atom. The average molecular weight is 251 g/mol. The van der Waals surface area contributed by atoms with Gasteiger partial charge in [-0.25, -0.2) is 4.79 Å². The second-order valence-electron chi connectivity index (χ2n) is 4.21. The summed E-state index contributed by atoms with van der Waals surface area (Å²) in [4.78, 5) is 24.2. The van der Waals surface area contributed by atoms with Gasteiger partial charge in [0.15, 0.2) is 0 Å². The highest BCUT2D eigenvalue weighted by atomic mass is 16.5. The summed E-state index contributed by atoms with van der Waals surface area (Å²) in [6.45, 7) is 5.17. The maximum Gasteiger partial charge on any atom is 0.335 e. The van der Waals surface area contributed by atoms with E-state index in [0.29, 0.717) is 11.4 Å². The summed E-state index contributed by atoms with van der Waals surface area (Å²) in [7, 11) is 1.46. The normalized spacial score (nSPS) is 10.3. The van der Waals surface area contributed by atoms with Gasteiger partial charge in [0.2, 0.25) is 5.91 Å². The Bertz CT molecular complexity index is 468. The van der Waals surface area contributed by atoms with E-state index in [-0.39, 0.29) is 17.5 Å². The fraction of sp³-hybridized carbons (Fsp3) is 0.385. The molecule has 0 aliphatic heterocycles. The highest BCUT2D eigenvalue weighted by molar-refractivity contribution is 5.95. The van der Waals surface area contributed by atoms with Crippen molar-refractivity contribution in [1.29, 1.82) is 0 Å². The van der Waals surface area contributed by atoms with Crippen LogP contribution in [0.2, 0.25) is 0 Å². The molecule has 0 aliphatic rings. The number of anilines is 1. The maximum absolute atomic E-state index is 11.6. The molecule has 0 radical (unpaired) electrons. The van der Waals surface area contributed by atoms with Gasteiger partial charge in [0.05, 0.1) is 12.7 Å². The van der Waals surface area contributed by atoms with Gasteiger partial charge in [-0.3, -0.25) is 4.79 Å². The van der Waals surface area contributed by atoms with E-state index in [0.717, 1.165) is 0 Å². The third-order valence-electron chi connectivity index (χ3n) is 2.51. The lowest BCUT2D eigenvalue weighted by atomic mass is 10.1. The number of nitrogens with zero attached hydrogens (tertiary/aromatic N) is 1. The zero-order valence-electron chi connectivity index (χ0n) is 10.9. The van der Waals surface area contributed by atoms with E-state index < -0.39 is 5.97 Å². The molecule has 0 bridgehead atoms. The fourth-order valence-corrected chi connectivity index (χ4v) is 1.81. The van der Waals surface area contributed by atoms with E-state index in [1.165, 1.54) is 31.1 Å². The van der Waals surface area contributed by atoms with Crippen molar-refractivity contribution in [3.8, 4) is 5.75 Å². The molecule has 1 aromatic rings. The number of benzene rings is 1. The van der Waals surface area contributed by atoms with Crippen LogP contribution < -0.4 is 9.64 Å². The molecule has 1 aromatic carbocycles. The third kappa shape index (κ3) is 3.00. The number of carbonyl (C=O) groups is 2. The number of hydrogen-bond donors (Lipinski definition) is 1. The molecular formula is C13H17NO4. The van der Waals surface area contributed by atoms with Gasteiger partial charge < -0.3 is 14.7 Å². The quantitative estimate of drug-likeness (QED) is 0.890. The number of ether oxygens (including phenoxy) is 1. The largest absolute Gasteiger partial charge is 0.497 e. The molecule has 0 spiro atoms. The summed E-state index contributed by atoms with van der Waals surface area (Å²) in [5, 5.41) is 9.03. The molecule has 0 saturated heterocycles. The Morgan fingerprint density at radius 1 is 1.28 bits per heavy atom.